The summed E-state index contributed by atoms with van der Waals surface area (Å²) >= 11 is 0. The van der Waals surface area contributed by atoms with Gasteiger partial charge in [0.1, 0.15) is 0 Å². The van der Waals surface area contributed by atoms with Crippen molar-refractivity contribution in [1.82, 2.24) is 10.2 Å². The van der Waals surface area contributed by atoms with E-state index in [1.54, 1.807) is 0 Å². The minimum absolute atomic E-state index is 0.142. The van der Waals surface area contributed by atoms with E-state index in [0.29, 0.717) is 6.04 Å². The van der Waals surface area contributed by atoms with Crippen molar-refractivity contribution in [2.24, 2.45) is 0 Å². The summed E-state index contributed by atoms with van der Waals surface area (Å²) in [6, 6.07) is 0.409. The smallest absolute Gasteiger partial charge is 0.0959 e. The van der Waals surface area contributed by atoms with Gasteiger partial charge < -0.3 is 10.4 Å². The molecule has 13 heavy (non-hydrogen) atoms. The number of aliphatic hydroxyl groups excluding tert-OH is 1. The van der Waals surface area contributed by atoms with Crippen molar-refractivity contribution >= 4 is 0 Å². The van der Waals surface area contributed by atoms with Crippen LogP contribution >= 0.6 is 0 Å². The topological polar surface area (TPSA) is 35.5 Å². The molecule has 80 valence electrons. The van der Waals surface area contributed by atoms with Gasteiger partial charge in [0.15, 0.2) is 0 Å². The van der Waals surface area contributed by atoms with E-state index in [2.05, 4.69) is 39.9 Å². The fourth-order valence-corrected chi connectivity index (χ4v) is 1.07. The quantitative estimate of drug-likeness (QED) is 0.633. The second kappa shape index (κ2) is 5.58. The van der Waals surface area contributed by atoms with Gasteiger partial charge in [-0.2, -0.15) is 0 Å². The first kappa shape index (κ1) is 12.9. The molecule has 0 saturated carbocycles. The van der Waals surface area contributed by atoms with Crippen LogP contribution in [0.3, 0.4) is 0 Å². The molecule has 0 rings (SSSR count). The first-order valence-electron chi connectivity index (χ1n) is 4.97. The standard InChI is InChI=1S/C10H24N2O/c1-9(2)12(8-13)7-6-11-10(3,4)5/h9,11,13H,6-8H2,1-5H3. The van der Waals surface area contributed by atoms with Gasteiger partial charge >= 0.3 is 0 Å². The lowest BCUT2D eigenvalue weighted by molar-refractivity contribution is 0.0796. The Morgan fingerprint density at radius 3 is 2.15 bits per heavy atom. The van der Waals surface area contributed by atoms with Crippen molar-refractivity contribution in [3.8, 4) is 0 Å². The van der Waals surface area contributed by atoms with E-state index in [9.17, 15) is 0 Å². The average molecular weight is 188 g/mol. The van der Waals surface area contributed by atoms with E-state index in [1.807, 2.05) is 4.90 Å². The first-order valence-corrected chi connectivity index (χ1v) is 4.97. The summed E-state index contributed by atoms with van der Waals surface area (Å²) < 4.78 is 0. The Hall–Kier alpha value is -0.120. The van der Waals surface area contributed by atoms with Crippen molar-refractivity contribution < 1.29 is 5.11 Å². The summed E-state index contributed by atoms with van der Waals surface area (Å²) in [4.78, 5) is 2.03. The molecule has 0 saturated heterocycles. The molecule has 0 bridgehead atoms. The highest BCUT2D eigenvalue weighted by atomic mass is 16.3. The van der Waals surface area contributed by atoms with Crippen molar-refractivity contribution in [3.63, 3.8) is 0 Å². The number of hydrogen-bond acceptors (Lipinski definition) is 3. The van der Waals surface area contributed by atoms with Gasteiger partial charge in [0.05, 0.1) is 6.73 Å². The molecule has 0 heterocycles. The molecular formula is C10H24N2O. The zero-order valence-corrected chi connectivity index (χ0v) is 9.59. The SMILES string of the molecule is CC(C)N(CO)CCNC(C)(C)C. The number of hydrogen-bond donors (Lipinski definition) is 2. The molecule has 0 aromatic rings. The van der Waals surface area contributed by atoms with E-state index in [-0.39, 0.29) is 12.3 Å². The van der Waals surface area contributed by atoms with Gasteiger partial charge in [0, 0.05) is 24.7 Å². The van der Waals surface area contributed by atoms with Gasteiger partial charge in [-0.3, -0.25) is 4.90 Å². The predicted octanol–water partition coefficient (Wildman–Crippen LogP) is 1.03. The molecule has 0 spiro atoms. The Morgan fingerprint density at radius 2 is 1.85 bits per heavy atom. The van der Waals surface area contributed by atoms with Crippen molar-refractivity contribution in [3.05, 3.63) is 0 Å². The summed E-state index contributed by atoms with van der Waals surface area (Å²) in [5, 5.41) is 12.4. The molecule has 0 radical (unpaired) electrons. The molecule has 0 aromatic carbocycles. The van der Waals surface area contributed by atoms with Crippen molar-refractivity contribution in [2.45, 2.75) is 46.2 Å². The Bertz CT molecular complexity index is 129. The molecule has 0 aliphatic rings. The van der Waals surface area contributed by atoms with E-state index in [4.69, 9.17) is 5.11 Å². The van der Waals surface area contributed by atoms with Gasteiger partial charge in [0.2, 0.25) is 0 Å². The van der Waals surface area contributed by atoms with Crippen LogP contribution in [0.1, 0.15) is 34.6 Å². The normalized spacial score (nSPS) is 12.9. The van der Waals surface area contributed by atoms with Crippen LogP contribution in [0.5, 0.6) is 0 Å². The minimum atomic E-state index is 0.142. The maximum Gasteiger partial charge on any atom is 0.0959 e. The molecule has 0 atom stereocenters. The van der Waals surface area contributed by atoms with Crippen LogP contribution in [0.4, 0.5) is 0 Å². The Labute approximate surface area is 82.1 Å². The van der Waals surface area contributed by atoms with Crippen molar-refractivity contribution in [2.75, 3.05) is 19.8 Å². The summed E-state index contributed by atoms with van der Waals surface area (Å²) in [5.41, 5.74) is 0.165. The van der Waals surface area contributed by atoms with Crippen LogP contribution in [0.2, 0.25) is 0 Å². The van der Waals surface area contributed by atoms with E-state index in [1.165, 1.54) is 0 Å². The first-order chi connectivity index (χ1) is 5.87. The maximum absolute atomic E-state index is 9.02. The molecule has 3 heteroatoms. The maximum atomic E-state index is 9.02. The third-order valence-electron chi connectivity index (χ3n) is 1.97. The molecule has 0 amide bonds. The molecule has 0 aliphatic heterocycles. The third kappa shape index (κ3) is 6.99. The highest BCUT2D eigenvalue weighted by Gasteiger charge is 2.11. The van der Waals surface area contributed by atoms with Gasteiger partial charge in [-0.15, -0.1) is 0 Å². The predicted molar refractivity (Wildman–Crippen MR) is 56.7 cm³/mol. The van der Waals surface area contributed by atoms with E-state index < -0.39 is 0 Å². The van der Waals surface area contributed by atoms with Crippen LogP contribution in [-0.4, -0.2) is 41.4 Å². The summed E-state index contributed by atoms with van der Waals surface area (Å²) in [7, 11) is 0. The Kier molecular flexibility index (Phi) is 5.53. The molecule has 0 aromatic heterocycles. The van der Waals surface area contributed by atoms with Crippen LogP contribution < -0.4 is 5.32 Å². The van der Waals surface area contributed by atoms with Gasteiger partial charge in [-0.05, 0) is 34.6 Å². The molecule has 0 fully saturated rings. The molecular weight excluding hydrogens is 164 g/mol. The van der Waals surface area contributed by atoms with Crippen LogP contribution in [-0.2, 0) is 0 Å². The zero-order chi connectivity index (χ0) is 10.5. The average Bonchev–Trinajstić information content (AvgIpc) is 1.95. The second-order valence-corrected chi connectivity index (χ2v) is 4.72. The lowest BCUT2D eigenvalue weighted by Gasteiger charge is -2.27. The monoisotopic (exact) mass is 188 g/mol. The van der Waals surface area contributed by atoms with Crippen LogP contribution in [0.25, 0.3) is 0 Å². The molecule has 2 N–H and O–H groups in total. The molecule has 3 nitrogen and oxygen atoms in total. The summed E-state index contributed by atoms with van der Waals surface area (Å²) in [6.45, 7) is 12.6. The van der Waals surface area contributed by atoms with Crippen molar-refractivity contribution in [1.29, 1.82) is 0 Å². The zero-order valence-electron chi connectivity index (χ0n) is 9.59. The lowest BCUT2D eigenvalue weighted by atomic mass is 10.1. The third-order valence-corrected chi connectivity index (χ3v) is 1.97. The van der Waals surface area contributed by atoms with Gasteiger partial charge in [-0.1, -0.05) is 0 Å². The Balaban J connectivity index is 3.62. The van der Waals surface area contributed by atoms with E-state index in [0.717, 1.165) is 13.1 Å². The fraction of sp³-hybridized carbons (Fsp3) is 1.00. The minimum Gasteiger partial charge on any atom is -0.381 e. The fourth-order valence-electron chi connectivity index (χ4n) is 1.07. The summed E-state index contributed by atoms with van der Waals surface area (Å²) in [6.07, 6.45) is 0. The molecule has 0 unspecified atom stereocenters. The number of nitrogens with one attached hydrogen (secondary N) is 1. The summed E-state index contributed by atoms with van der Waals surface area (Å²) in [5.74, 6) is 0. The highest BCUT2D eigenvalue weighted by molar-refractivity contribution is 4.71. The second-order valence-electron chi connectivity index (χ2n) is 4.72. The molecule has 0 aliphatic carbocycles. The van der Waals surface area contributed by atoms with Gasteiger partial charge in [-0.25, -0.2) is 0 Å². The lowest BCUT2D eigenvalue weighted by Crippen LogP contribution is -2.43. The van der Waals surface area contributed by atoms with Gasteiger partial charge in [0.25, 0.3) is 0 Å². The van der Waals surface area contributed by atoms with Crippen LogP contribution in [0.15, 0.2) is 0 Å². The number of nitrogens with zero attached hydrogens (tertiary/aromatic N) is 1. The van der Waals surface area contributed by atoms with E-state index >= 15 is 0 Å². The number of rotatable bonds is 5. The number of aliphatic hydroxyl groups is 1. The Morgan fingerprint density at radius 1 is 1.31 bits per heavy atom. The highest BCUT2D eigenvalue weighted by Crippen LogP contribution is 1.99. The van der Waals surface area contributed by atoms with Crippen LogP contribution in [0, 0.1) is 0 Å². The largest absolute Gasteiger partial charge is 0.381 e.